The van der Waals surface area contributed by atoms with Crippen LogP contribution in [-0.4, -0.2) is 17.0 Å². The summed E-state index contributed by atoms with van der Waals surface area (Å²) in [5.74, 6) is -0.206. The number of carbonyl (C=O) groups excluding carboxylic acids is 1. The Balaban J connectivity index is 2.20. The highest BCUT2D eigenvalue weighted by atomic mass is 16.4. The molecule has 2 rings (SSSR count). The van der Waals surface area contributed by atoms with Crippen molar-refractivity contribution in [2.24, 2.45) is 10.9 Å². The number of hydrogen-bond acceptors (Lipinski definition) is 3. The van der Waals surface area contributed by atoms with Crippen molar-refractivity contribution in [3.63, 3.8) is 0 Å². The van der Waals surface area contributed by atoms with E-state index in [1.807, 2.05) is 25.1 Å². The largest absolute Gasteiger partial charge is 0.409 e. The van der Waals surface area contributed by atoms with Gasteiger partial charge in [-0.2, -0.15) is 0 Å². The molecule has 102 valence electrons. The summed E-state index contributed by atoms with van der Waals surface area (Å²) in [5, 5.41) is 14.3. The number of rotatable bonds is 3. The van der Waals surface area contributed by atoms with Gasteiger partial charge in [-0.15, -0.1) is 0 Å². The van der Waals surface area contributed by atoms with Gasteiger partial charge in [0, 0.05) is 16.8 Å². The number of aryl methyl sites for hydroxylation is 1. The van der Waals surface area contributed by atoms with Gasteiger partial charge in [0.15, 0.2) is 5.84 Å². The molecule has 0 aliphatic carbocycles. The molecule has 4 N–H and O–H groups in total. The molecule has 0 atom stereocenters. The number of nitrogens with zero attached hydrogens (tertiary/aromatic N) is 1. The molecule has 0 radical (unpaired) electrons. The predicted octanol–water partition coefficient (Wildman–Crippen LogP) is 2.34. The van der Waals surface area contributed by atoms with Crippen LogP contribution in [0.5, 0.6) is 0 Å². The maximum absolute atomic E-state index is 12.1. The number of hydrogen-bond donors (Lipinski definition) is 3. The van der Waals surface area contributed by atoms with Crippen LogP contribution in [0.3, 0.4) is 0 Å². The Kier molecular flexibility index (Phi) is 4.00. The molecule has 0 aliphatic rings. The molecule has 0 bridgehead atoms. The molecule has 0 fully saturated rings. The highest BCUT2D eigenvalue weighted by Gasteiger charge is 2.07. The first kappa shape index (κ1) is 13.6. The monoisotopic (exact) mass is 269 g/mol. The number of anilines is 1. The molecule has 0 spiro atoms. The predicted molar refractivity (Wildman–Crippen MR) is 78.1 cm³/mol. The molecule has 5 nitrogen and oxygen atoms in total. The van der Waals surface area contributed by atoms with Crippen LogP contribution in [0.1, 0.15) is 21.5 Å². The Labute approximate surface area is 116 Å². The quantitative estimate of drug-likeness (QED) is 0.346. The molecule has 2 aromatic rings. The van der Waals surface area contributed by atoms with Crippen molar-refractivity contribution in [1.82, 2.24) is 0 Å². The zero-order chi connectivity index (χ0) is 14.5. The molecule has 0 saturated heterocycles. The molecule has 1 amide bonds. The van der Waals surface area contributed by atoms with E-state index < -0.39 is 0 Å². The fraction of sp³-hybridized carbons (Fsp3) is 0.0667. The summed E-state index contributed by atoms with van der Waals surface area (Å²) in [6.07, 6.45) is 0. The van der Waals surface area contributed by atoms with Crippen molar-refractivity contribution in [3.05, 3.63) is 65.2 Å². The third kappa shape index (κ3) is 3.14. The summed E-state index contributed by atoms with van der Waals surface area (Å²) >= 11 is 0. The number of benzene rings is 2. The van der Waals surface area contributed by atoms with Crippen LogP contribution in [0.25, 0.3) is 0 Å². The maximum Gasteiger partial charge on any atom is 0.255 e. The Morgan fingerprint density at radius 3 is 2.55 bits per heavy atom. The van der Waals surface area contributed by atoms with Crippen LogP contribution < -0.4 is 11.1 Å². The first-order chi connectivity index (χ1) is 9.60. The van der Waals surface area contributed by atoms with Crippen molar-refractivity contribution >= 4 is 17.4 Å². The molecule has 2 aromatic carbocycles. The van der Waals surface area contributed by atoms with E-state index >= 15 is 0 Å². The number of nitrogens with one attached hydrogen (secondary N) is 1. The smallest absolute Gasteiger partial charge is 0.255 e. The highest BCUT2D eigenvalue weighted by molar-refractivity contribution is 6.05. The Morgan fingerprint density at radius 1 is 1.15 bits per heavy atom. The maximum atomic E-state index is 12.1. The second-order valence-corrected chi connectivity index (χ2v) is 4.39. The van der Waals surface area contributed by atoms with Crippen LogP contribution in [0.2, 0.25) is 0 Å². The summed E-state index contributed by atoms with van der Waals surface area (Å²) in [4.78, 5) is 12.1. The second-order valence-electron chi connectivity index (χ2n) is 4.39. The van der Waals surface area contributed by atoms with E-state index in [2.05, 4.69) is 10.5 Å². The number of nitrogens with two attached hydrogens (primary N) is 1. The van der Waals surface area contributed by atoms with E-state index in [1.165, 1.54) is 0 Å². The molecule has 0 heterocycles. The minimum Gasteiger partial charge on any atom is -0.409 e. The van der Waals surface area contributed by atoms with E-state index in [0.29, 0.717) is 16.8 Å². The highest BCUT2D eigenvalue weighted by Crippen LogP contribution is 2.13. The SMILES string of the molecule is Cc1cccc(C(=O)Nc2cccc(/C(N)=N/O)c2)c1. The number of oxime groups is 1. The van der Waals surface area contributed by atoms with E-state index in [4.69, 9.17) is 10.9 Å². The molecular formula is C15H15N3O2. The molecule has 0 saturated carbocycles. The van der Waals surface area contributed by atoms with Crippen LogP contribution in [0, 0.1) is 6.92 Å². The molecule has 0 unspecified atom stereocenters. The average molecular weight is 269 g/mol. The van der Waals surface area contributed by atoms with Crippen LogP contribution >= 0.6 is 0 Å². The van der Waals surface area contributed by atoms with Gasteiger partial charge < -0.3 is 16.3 Å². The second kappa shape index (κ2) is 5.88. The van der Waals surface area contributed by atoms with Gasteiger partial charge in [-0.25, -0.2) is 0 Å². The Hall–Kier alpha value is -2.82. The molecule has 20 heavy (non-hydrogen) atoms. The first-order valence-electron chi connectivity index (χ1n) is 6.06. The lowest BCUT2D eigenvalue weighted by Gasteiger charge is -2.07. The Morgan fingerprint density at radius 2 is 1.85 bits per heavy atom. The van der Waals surface area contributed by atoms with Gasteiger partial charge in [0.25, 0.3) is 5.91 Å². The van der Waals surface area contributed by atoms with Crippen molar-refractivity contribution in [2.45, 2.75) is 6.92 Å². The van der Waals surface area contributed by atoms with Gasteiger partial charge in [0.2, 0.25) is 0 Å². The summed E-state index contributed by atoms with van der Waals surface area (Å²) < 4.78 is 0. The van der Waals surface area contributed by atoms with E-state index in [0.717, 1.165) is 5.56 Å². The molecule has 0 aliphatic heterocycles. The fourth-order valence-electron chi connectivity index (χ4n) is 1.80. The van der Waals surface area contributed by atoms with Crippen molar-refractivity contribution in [3.8, 4) is 0 Å². The molecule has 5 heteroatoms. The van der Waals surface area contributed by atoms with E-state index in [-0.39, 0.29) is 11.7 Å². The molecular weight excluding hydrogens is 254 g/mol. The first-order valence-corrected chi connectivity index (χ1v) is 6.06. The molecule has 0 aromatic heterocycles. The van der Waals surface area contributed by atoms with Gasteiger partial charge in [0.05, 0.1) is 0 Å². The minimum atomic E-state index is -0.203. The summed E-state index contributed by atoms with van der Waals surface area (Å²) in [6.45, 7) is 1.93. The van der Waals surface area contributed by atoms with E-state index in [1.54, 1.807) is 30.3 Å². The number of amidine groups is 1. The fourth-order valence-corrected chi connectivity index (χ4v) is 1.80. The van der Waals surface area contributed by atoms with Crippen molar-refractivity contribution < 1.29 is 10.0 Å². The van der Waals surface area contributed by atoms with Gasteiger partial charge in [0.1, 0.15) is 0 Å². The third-order valence-corrected chi connectivity index (χ3v) is 2.80. The van der Waals surface area contributed by atoms with Crippen molar-refractivity contribution in [2.75, 3.05) is 5.32 Å². The standard InChI is InChI=1S/C15H15N3O2/c1-10-4-2-6-12(8-10)15(19)17-13-7-3-5-11(9-13)14(16)18-20/h2-9,20H,1H3,(H2,16,18)(H,17,19). The van der Waals surface area contributed by atoms with E-state index in [9.17, 15) is 4.79 Å². The van der Waals surface area contributed by atoms with Gasteiger partial charge in [-0.1, -0.05) is 35.0 Å². The normalized spacial score (nSPS) is 11.2. The zero-order valence-electron chi connectivity index (χ0n) is 11.0. The topological polar surface area (TPSA) is 87.7 Å². The number of amides is 1. The lowest BCUT2D eigenvalue weighted by atomic mass is 10.1. The Bertz CT molecular complexity index is 666. The minimum absolute atomic E-state index is 0.00310. The van der Waals surface area contributed by atoms with Crippen molar-refractivity contribution in [1.29, 1.82) is 0 Å². The third-order valence-electron chi connectivity index (χ3n) is 2.80. The summed E-state index contributed by atoms with van der Waals surface area (Å²) in [5.41, 5.74) is 8.23. The average Bonchev–Trinajstić information content (AvgIpc) is 2.46. The van der Waals surface area contributed by atoms with Gasteiger partial charge in [-0.3, -0.25) is 4.79 Å². The summed E-state index contributed by atoms with van der Waals surface area (Å²) in [7, 11) is 0. The zero-order valence-corrected chi connectivity index (χ0v) is 11.0. The van der Waals surface area contributed by atoms with Gasteiger partial charge >= 0.3 is 0 Å². The summed E-state index contributed by atoms with van der Waals surface area (Å²) in [6, 6.07) is 14.1. The van der Waals surface area contributed by atoms with Crippen LogP contribution in [0.4, 0.5) is 5.69 Å². The van der Waals surface area contributed by atoms with Crippen LogP contribution in [-0.2, 0) is 0 Å². The lowest BCUT2D eigenvalue weighted by Crippen LogP contribution is -2.15. The van der Waals surface area contributed by atoms with Gasteiger partial charge in [-0.05, 0) is 31.2 Å². The number of carbonyl (C=O) groups is 1. The lowest BCUT2D eigenvalue weighted by molar-refractivity contribution is 0.102. The van der Waals surface area contributed by atoms with Crippen LogP contribution in [0.15, 0.2) is 53.7 Å².